The van der Waals surface area contributed by atoms with E-state index in [1.165, 1.54) is 33.4 Å². The van der Waals surface area contributed by atoms with Crippen molar-refractivity contribution in [1.82, 2.24) is 0 Å². The minimum absolute atomic E-state index is 0.488. The standard InChI is InChI=1S/C29H25N2O.2C27H21N2O/c1-18(2)21-11-14-26(31(5)17-21)23-16-27-24(15-19(23)3)22-12-13-25(30-4)28(29(22)32-27)20-9-7-6-8-10-20;1-17-9-10-25(29(3)16-17)21-14-26-23(11-18(21)2)24-13-19(15-28)12-22(27(24)30-26)20-7-5-4-6-8-20;1-17-9-10-29(3)25(11-17)21-15-26-23(12-18(21)2)24-14-19(16-28)13-22(27(24)30-26)20-7-5-4-6-8-20/h6-18H,1-3,5H3;4-14,16H,1-3H3;4-15H,1-3H3/q3*+1. The van der Waals surface area contributed by atoms with Gasteiger partial charge < -0.3 is 13.3 Å². The molecule has 0 spiro atoms. The fourth-order valence-electron chi connectivity index (χ4n) is 12.9. The van der Waals surface area contributed by atoms with Gasteiger partial charge in [-0.2, -0.15) is 10.5 Å². The first kappa shape index (κ1) is 59.3. The summed E-state index contributed by atoms with van der Waals surface area (Å²) in [6.45, 7) is 22.7. The number of benzene rings is 9. The van der Waals surface area contributed by atoms with Crippen LogP contribution >= 0.6 is 0 Å². The van der Waals surface area contributed by atoms with Gasteiger partial charge in [-0.15, -0.1) is 0 Å². The summed E-state index contributed by atoms with van der Waals surface area (Å²) in [5, 5.41) is 25.3. The topological polar surface area (TPSA) is 103 Å². The molecule has 9 heteroatoms. The molecule has 0 saturated carbocycles. The van der Waals surface area contributed by atoms with Gasteiger partial charge in [-0.1, -0.05) is 117 Å². The summed E-state index contributed by atoms with van der Waals surface area (Å²) in [5.74, 6) is 0.488. The quantitative estimate of drug-likeness (QED) is 0.117. The van der Waals surface area contributed by atoms with E-state index in [1.54, 1.807) is 0 Å². The molecule has 444 valence electrons. The fraction of sp³-hybridized carbons (Fsp3) is 0.133. The minimum atomic E-state index is 0.488. The molecule has 0 saturated heterocycles. The van der Waals surface area contributed by atoms with Gasteiger partial charge in [-0.3, -0.25) is 0 Å². The number of pyridine rings is 3. The molecule has 6 heterocycles. The number of hydrogen-bond acceptors (Lipinski definition) is 5. The van der Waals surface area contributed by atoms with Gasteiger partial charge in [0.05, 0.1) is 46.5 Å². The largest absolute Gasteiger partial charge is 0.457 e. The second-order valence-corrected chi connectivity index (χ2v) is 24.4. The van der Waals surface area contributed by atoms with Crippen LogP contribution < -0.4 is 13.7 Å². The molecular weight excluding hydrogens is 1130 g/mol. The van der Waals surface area contributed by atoms with E-state index in [9.17, 15) is 10.5 Å². The normalized spacial score (nSPS) is 11.2. The Labute approximate surface area is 535 Å². The van der Waals surface area contributed by atoms with Crippen molar-refractivity contribution in [2.75, 3.05) is 0 Å². The van der Waals surface area contributed by atoms with Crippen molar-refractivity contribution < 1.29 is 27.0 Å². The van der Waals surface area contributed by atoms with Crippen LogP contribution in [0.4, 0.5) is 5.69 Å². The molecule has 0 unspecified atom stereocenters. The number of rotatable bonds is 7. The lowest BCUT2D eigenvalue weighted by molar-refractivity contribution is -0.661. The number of hydrogen-bond donors (Lipinski definition) is 0. The first-order valence-corrected chi connectivity index (χ1v) is 30.9. The van der Waals surface area contributed by atoms with Crippen molar-refractivity contribution in [2.24, 2.45) is 21.1 Å². The second kappa shape index (κ2) is 24.4. The Bertz CT molecular complexity index is 5560. The van der Waals surface area contributed by atoms with Gasteiger partial charge in [0.2, 0.25) is 17.1 Å². The van der Waals surface area contributed by atoms with Crippen LogP contribution in [-0.2, 0) is 21.1 Å². The van der Waals surface area contributed by atoms with Crippen LogP contribution in [-0.4, -0.2) is 0 Å². The van der Waals surface area contributed by atoms with Gasteiger partial charge in [0, 0.05) is 84.4 Å². The van der Waals surface area contributed by atoms with Crippen molar-refractivity contribution in [3.05, 3.63) is 275 Å². The third-order valence-corrected chi connectivity index (χ3v) is 17.6. The number of aromatic nitrogens is 3. The third-order valence-electron chi connectivity index (χ3n) is 17.6. The highest BCUT2D eigenvalue weighted by molar-refractivity contribution is 6.14. The van der Waals surface area contributed by atoms with E-state index in [0.29, 0.717) is 22.7 Å². The Morgan fingerprint density at radius 3 is 1.33 bits per heavy atom. The molecule has 0 bridgehead atoms. The Balaban J connectivity index is 0.000000126. The van der Waals surface area contributed by atoms with Crippen molar-refractivity contribution >= 4 is 71.5 Å². The van der Waals surface area contributed by atoms with E-state index in [1.807, 2.05) is 127 Å². The number of nitriles is 2. The third kappa shape index (κ3) is 11.0. The van der Waals surface area contributed by atoms with Gasteiger partial charge in [-0.25, -0.2) is 18.5 Å². The number of aryl methyl sites for hydroxylation is 8. The van der Waals surface area contributed by atoms with E-state index in [-0.39, 0.29) is 0 Å². The van der Waals surface area contributed by atoms with E-state index in [4.69, 9.17) is 19.8 Å². The fourth-order valence-corrected chi connectivity index (χ4v) is 12.9. The molecule has 9 aromatic carbocycles. The summed E-state index contributed by atoms with van der Waals surface area (Å²) in [4.78, 5) is 3.77. The molecular formula is C83H67N6O3+3. The molecule has 0 fully saturated rings. The average molecular weight is 1200 g/mol. The summed E-state index contributed by atoms with van der Waals surface area (Å²) in [6.07, 6.45) is 6.42. The van der Waals surface area contributed by atoms with Crippen molar-refractivity contribution in [3.8, 4) is 79.3 Å². The van der Waals surface area contributed by atoms with Gasteiger partial charge in [0.25, 0.3) is 0 Å². The first-order valence-electron chi connectivity index (χ1n) is 30.9. The van der Waals surface area contributed by atoms with Gasteiger partial charge >= 0.3 is 0 Å². The zero-order chi connectivity index (χ0) is 64.1. The van der Waals surface area contributed by atoms with E-state index >= 15 is 0 Å². The van der Waals surface area contributed by atoms with E-state index < -0.39 is 0 Å². The van der Waals surface area contributed by atoms with Crippen LogP contribution in [0, 0.1) is 63.9 Å². The Hall–Kier alpha value is -11.7. The minimum Gasteiger partial charge on any atom is -0.457 e. The summed E-state index contributed by atoms with van der Waals surface area (Å²) < 4.78 is 25.7. The highest BCUT2D eigenvalue weighted by atomic mass is 16.3. The predicted octanol–water partition coefficient (Wildman–Crippen LogP) is 20.2. The molecule has 15 aromatic rings. The van der Waals surface area contributed by atoms with Crippen LogP contribution in [0.5, 0.6) is 0 Å². The molecule has 0 atom stereocenters. The Morgan fingerprint density at radius 2 is 0.859 bits per heavy atom. The smallest absolute Gasteiger partial charge is 0.212 e. The van der Waals surface area contributed by atoms with Crippen LogP contribution in [0.25, 0.3) is 138 Å². The molecule has 0 aliphatic carbocycles. The van der Waals surface area contributed by atoms with E-state index in [0.717, 1.165) is 133 Å². The molecule has 0 amide bonds. The van der Waals surface area contributed by atoms with Crippen molar-refractivity contribution in [1.29, 1.82) is 10.5 Å². The van der Waals surface area contributed by atoms with Gasteiger partial charge in [-0.05, 0) is 152 Å². The molecule has 9 nitrogen and oxygen atoms in total. The summed E-state index contributed by atoms with van der Waals surface area (Å²) >= 11 is 0. The Morgan fingerprint density at radius 1 is 0.402 bits per heavy atom. The summed E-state index contributed by atoms with van der Waals surface area (Å²) in [7, 11) is 6.22. The van der Waals surface area contributed by atoms with Gasteiger partial charge in [0.1, 0.15) is 54.6 Å². The van der Waals surface area contributed by atoms with Crippen molar-refractivity contribution in [2.45, 2.75) is 54.4 Å². The average Bonchev–Trinajstić information content (AvgIpc) is 1.61. The maximum absolute atomic E-state index is 9.60. The molecule has 92 heavy (non-hydrogen) atoms. The second-order valence-electron chi connectivity index (χ2n) is 24.4. The van der Waals surface area contributed by atoms with Crippen molar-refractivity contribution in [3.63, 3.8) is 0 Å². The molecule has 15 rings (SSSR count). The SMILES string of the molecule is Cc1cc[n+](C)c(-c2cc3oc4c(-c5ccccc5)cc(C#N)cc4c3cc2C)c1.Cc1ccc(-c2cc3oc4c(-c5ccccc5)cc(C#N)cc4c3cc2C)[n+](C)c1.[C-]#[N+]c1ccc2c(oc3cc(-c4ccc(C(C)C)c[n+]4C)c(C)cc32)c1-c1ccccc1. The van der Waals surface area contributed by atoms with Gasteiger partial charge in [0.15, 0.2) is 24.3 Å². The van der Waals surface area contributed by atoms with Crippen LogP contribution in [0.1, 0.15) is 64.3 Å². The lowest BCUT2D eigenvalue weighted by Gasteiger charge is -2.08. The molecule has 0 radical (unpaired) electrons. The molecule has 0 aliphatic rings. The monoisotopic (exact) mass is 1200 g/mol. The number of furan rings is 3. The van der Waals surface area contributed by atoms with Crippen LogP contribution in [0.15, 0.2) is 232 Å². The zero-order valence-corrected chi connectivity index (χ0v) is 53.3. The highest BCUT2D eigenvalue weighted by Gasteiger charge is 2.24. The van der Waals surface area contributed by atoms with Crippen LogP contribution in [0.3, 0.4) is 0 Å². The zero-order valence-electron chi connectivity index (χ0n) is 53.3. The summed E-state index contributed by atoms with van der Waals surface area (Å²) in [5.41, 5.74) is 26.8. The maximum atomic E-state index is 9.60. The summed E-state index contributed by atoms with van der Waals surface area (Å²) in [6, 6.07) is 72.3. The predicted molar refractivity (Wildman–Crippen MR) is 371 cm³/mol. The number of fused-ring (bicyclic) bond motifs is 9. The molecule has 6 aromatic heterocycles. The molecule has 0 aliphatic heterocycles. The number of nitrogens with zero attached hydrogens (tertiary/aromatic N) is 6. The maximum Gasteiger partial charge on any atom is 0.212 e. The van der Waals surface area contributed by atoms with E-state index in [2.05, 4.69) is 192 Å². The van der Waals surface area contributed by atoms with Crippen LogP contribution in [0.2, 0.25) is 0 Å². The highest BCUT2D eigenvalue weighted by Crippen LogP contribution is 2.45. The Kier molecular flexibility index (Phi) is 15.7. The molecule has 0 N–H and O–H groups in total. The first-order chi connectivity index (χ1) is 44.6. The lowest BCUT2D eigenvalue weighted by Crippen LogP contribution is -2.31. The lowest BCUT2D eigenvalue weighted by atomic mass is 9.97.